The summed E-state index contributed by atoms with van der Waals surface area (Å²) in [5.74, 6) is -0.899. The Kier molecular flexibility index (Phi) is 3.40. The van der Waals surface area contributed by atoms with Gasteiger partial charge in [-0.25, -0.2) is 8.42 Å². The van der Waals surface area contributed by atoms with Crippen molar-refractivity contribution in [3.63, 3.8) is 0 Å². The zero-order chi connectivity index (χ0) is 13.3. The third-order valence-corrected chi connectivity index (χ3v) is 5.00. The number of rotatable bonds is 3. The highest BCUT2D eigenvalue weighted by atomic mass is 32.2. The highest BCUT2D eigenvalue weighted by Gasteiger charge is 2.40. The number of aromatic amines is 1. The van der Waals surface area contributed by atoms with Crippen molar-refractivity contribution >= 4 is 16.0 Å². The van der Waals surface area contributed by atoms with E-state index in [-0.39, 0.29) is 17.5 Å². The lowest BCUT2D eigenvalue weighted by Gasteiger charge is -2.34. The van der Waals surface area contributed by atoms with Crippen molar-refractivity contribution in [2.75, 3.05) is 6.54 Å². The molecule has 100 valence electrons. The van der Waals surface area contributed by atoms with E-state index in [1.54, 1.807) is 0 Å². The molecule has 1 aliphatic heterocycles. The summed E-state index contributed by atoms with van der Waals surface area (Å²) in [5.41, 5.74) is 0. The fourth-order valence-electron chi connectivity index (χ4n) is 2.14. The molecule has 0 aliphatic carbocycles. The van der Waals surface area contributed by atoms with E-state index in [9.17, 15) is 13.2 Å². The molecule has 0 radical (unpaired) electrons. The van der Waals surface area contributed by atoms with Crippen LogP contribution in [0, 0.1) is 5.92 Å². The molecule has 18 heavy (non-hydrogen) atoms. The fourth-order valence-corrected chi connectivity index (χ4v) is 3.66. The molecule has 1 aromatic rings. The van der Waals surface area contributed by atoms with E-state index in [0.717, 1.165) is 4.31 Å². The lowest BCUT2D eigenvalue weighted by Crippen LogP contribution is -2.49. The molecule has 0 spiro atoms. The Labute approximate surface area is 105 Å². The number of H-pyrrole nitrogens is 1. The number of aliphatic carboxylic acids is 1. The summed E-state index contributed by atoms with van der Waals surface area (Å²) in [5, 5.41) is 15.1. The first-order valence-electron chi connectivity index (χ1n) is 5.67. The molecule has 1 fully saturated rings. The van der Waals surface area contributed by atoms with Gasteiger partial charge in [0.15, 0.2) is 5.03 Å². The molecule has 1 aromatic heterocycles. The third-order valence-electron chi connectivity index (χ3n) is 3.16. The zero-order valence-corrected chi connectivity index (χ0v) is 10.7. The van der Waals surface area contributed by atoms with Gasteiger partial charge < -0.3 is 5.11 Å². The number of carboxylic acids is 1. The Morgan fingerprint density at radius 1 is 1.61 bits per heavy atom. The smallest absolute Gasteiger partial charge is 0.322 e. The molecule has 2 heterocycles. The normalized spacial score (nSPS) is 26.1. The van der Waals surface area contributed by atoms with E-state index in [2.05, 4.69) is 10.2 Å². The Bertz CT molecular complexity index is 525. The number of carboxylic acid groups (broad SMARTS) is 1. The summed E-state index contributed by atoms with van der Waals surface area (Å²) in [4.78, 5) is 11.2. The maximum atomic E-state index is 12.3. The van der Waals surface area contributed by atoms with Gasteiger partial charge in [-0.3, -0.25) is 9.89 Å². The second kappa shape index (κ2) is 4.69. The maximum Gasteiger partial charge on any atom is 0.322 e. The number of hydrogen-bond acceptors (Lipinski definition) is 4. The molecule has 1 saturated heterocycles. The van der Waals surface area contributed by atoms with Crippen molar-refractivity contribution in [3.8, 4) is 0 Å². The molecule has 0 saturated carbocycles. The van der Waals surface area contributed by atoms with Crippen molar-refractivity contribution in [1.82, 2.24) is 14.5 Å². The highest BCUT2D eigenvalue weighted by molar-refractivity contribution is 7.89. The van der Waals surface area contributed by atoms with Gasteiger partial charge in [0.1, 0.15) is 6.04 Å². The number of nitrogens with zero attached hydrogens (tertiary/aromatic N) is 2. The number of nitrogens with one attached hydrogen (secondary N) is 1. The summed E-state index contributed by atoms with van der Waals surface area (Å²) in [7, 11) is -3.80. The molecule has 1 aliphatic rings. The lowest BCUT2D eigenvalue weighted by molar-refractivity contribution is -0.143. The summed E-state index contributed by atoms with van der Waals surface area (Å²) in [6.45, 7) is 2.15. The summed E-state index contributed by atoms with van der Waals surface area (Å²) < 4.78 is 25.6. The van der Waals surface area contributed by atoms with Gasteiger partial charge in [-0.05, 0) is 24.8 Å². The number of hydrogen-bond donors (Lipinski definition) is 2. The van der Waals surface area contributed by atoms with E-state index in [0.29, 0.717) is 12.8 Å². The summed E-state index contributed by atoms with van der Waals surface area (Å²) in [6, 6.07) is 0.328. The van der Waals surface area contributed by atoms with Gasteiger partial charge in [0.05, 0.1) is 6.20 Å². The highest BCUT2D eigenvalue weighted by Crippen LogP contribution is 2.27. The summed E-state index contributed by atoms with van der Waals surface area (Å²) >= 11 is 0. The first-order valence-corrected chi connectivity index (χ1v) is 7.11. The van der Waals surface area contributed by atoms with Crippen LogP contribution in [0.2, 0.25) is 0 Å². The van der Waals surface area contributed by atoms with Crippen LogP contribution < -0.4 is 0 Å². The predicted molar refractivity (Wildman–Crippen MR) is 62.3 cm³/mol. The minimum atomic E-state index is -3.80. The van der Waals surface area contributed by atoms with Gasteiger partial charge in [-0.2, -0.15) is 9.40 Å². The van der Waals surface area contributed by atoms with Gasteiger partial charge in [-0.15, -0.1) is 0 Å². The average molecular weight is 273 g/mol. The number of piperidine rings is 1. The molecule has 0 amide bonds. The SMILES string of the molecule is CC1CCN(S(=O)(=O)c2ccn[nH]2)C(C(=O)O)C1. The van der Waals surface area contributed by atoms with Crippen LogP contribution in [0.3, 0.4) is 0 Å². The Balaban J connectivity index is 2.34. The molecule has 2 atom stereocenters. The second-order valence-corrected chi connectivity index (χ2v) is 6.38. The Hall–Kier alpha value is -1.41. The molecular weight excluding hydrogens is 258 g/mol. The van der Waals surface area contributed by atoms with Gasteiger partial charge in [0.25, 0.3) is 10.0 Å². The standard InChI is InChI=1S/C10H15N3O4S/c1-7-3-5-13(8(6-7)10(14)15)18(16,17)9-2-4-11-12-9/h2,4,7-8H,3,5-6H2,1H3,(H,11,12)(H,14,15). The molecule has 2 rings (SSSR count). The van der Waals surface area contributed by atoms with Crippen LogP contribution >= 0.6 is 0 Å². The zero-order valence-electron chi connectivity index (χ0n) is 9.91. The number of carbonyl (C=O) groups is 1. The summed E-state index contributed by atoms with van der Waals surface area (Å²) in [6.07, 6.45) is 2.33. The monoisotopic (exact) mass is 273 g/mol. The predicted octanol–water partition coefficient (Wildman–Crippen LogP) is 0.283. The number of sulfonamides is 1. The van der Waals surface area contributed by atoms with Crippen LogP contribution in [0.15, 0.2) is 17.3 Å². The molecule has 7 nitrogen and oxygen atoms in total. The lowest BCUT2D eigenvalue weighted by atomic mass is 9.94. The Morgan fingerprint density at radius 3 is 2.89 bits per heavy atom. The van der Waals surface area contributed by atoms with Crippen LogP contribution in [0.5, 0.6) is 0 Å². The minimum absolute atomic E-state index is 0.0664. The van der Waals surface area contributed by atoms with Gasteiger partial charge in [0, 0.05) is 6.54 Å². The van der Waals surface area contributed by atoms with E-state index in [1.165, 1.54) is 12.3 Å². The maximum absolute atomic E-state index is 12.3. The van der Waals surface area contributed by atoms with Crippen molar-refractivity contribution in [3.05, 3.63) is 12.3 Å². The molecule has 8 heteroatoms. The van der Waals surface area contributed by atoms with Gasteiger partial charge >= 0.3 is 5.97 Å². The van der Waals surface area contributed by atoms with Gasteiger partial charge in [0.2, 0.25) is 0 Å². The van der Waals surface area contributed by atoms with Crippen LogP contribution in [0.4, 0.5) is 0 Å². The van der Waals surface area contributed by atoms with Crippen molar-refractivity contribution < 1.29 is 18.3 Å². The second-order valence-electron chi connectivity index (χ2n) is 4.52. The van der Waals surface area contributed by atoms with Crippen molar-refractivity contribution in [2.45, 2.75) is 30.8 Å². The van der Waals surface area contributed by atoms with Crippen LogP contribution in [0.1, 0.15) is 19.8 Å². The third kappa shape index (κ3) is 2.25. The molecule has 2 N–H and O–H groups in total. The van der Waals surface area contributed by atoms with Crippen LogP contribution in [0.25, 0.3) is 0 Å². The van der Waals surface area contributed by atoms with Crippen LogP contribution in [-0.2, 0) is 14.8 Å². The van der Waals surface area contributed by atoms with Crippen molar-refractivity contribution in [1.29, 1.82) is 0 Å². The topological polar surface area (TPSA) is 103 Å². The van der Waals surface area contributed by atoms with E-state index in [4.69, 9.17) is 5.11 Å². The Morgan fingerprint density at radius 2 is 2.33 bits per heavy atom. The first kappa shape index (κ1) is 13.0. The quantitative estimate of drug-likeness (QED) is 0.823. The fraction of sp³-hybridized carbons (Fsp3) is 0.600. The molecule has 0 aromatic carbocycles. The van der Waals surface area contributed by atoms with E-state index >= 15 is 0 Å². The van der Waals surface area contributed by atoms with Gasteiger partial charge in [-0.1, -0.05) is 6.92 Å². The van der Waals surface area contributed by atoms with E-state index in [1.807, 2.05) is 6.92 Å². The first-order chi connectivity index (χ1) is 8.43. The minimum Gasteiger partial charge on any atom is -0.480 e. The average Bonchev–Trinajstić information content (AvgIpc) is 2.82. The number of aromatic nitrogens is 2. The molecular formula is C10H15N3O4S. The molecule has 2 unspecified atom stereocenters. The van der Waals surface area contributed by atoms with E-state index < -0.39 is 22.0 Å². The van der Waals surface area contributed by atoms with Crippen molar-refractivity contribution in [2.24, 2.45) is 5.92 Å². The molecule has 0 bridgehead atoms. The largest absolute Gasteiger partial charge is 0.480 e. The van der Waals surface area contributed by atoms with Crippen LogP contribution in [-0.4, -0.2) is 46.6 Å².